The molecule has 0 saturated heterocycles. The van der Waals surface area contributed by atoms with Crippen LogP contribution in [0, 0.1) is 0 Å². The fourth-order valence-electron chi connectivity index (χ4n) is 4.10. The molecule has 6 heteroatoms. The quantitative estimate of drug-likeness (QED) is 0.104. The second kappa shape index (κ2) is 15.9. The highest BCUT2D eigenvalue weighted by Crippen LogP contribution is 2.21. The van der Waals surface area contributed by atoms with E-state index >= 15 is 0 Å². The van der Waals surface area contributed by atoms with Gasteiger partial charge >= 0.3 is 5.97 Å². The lowest BCUT2D eigenvalue weighted by molar-refractivity contribution is -0.137. The van der Waals surface area contributed by atoms with Crippen LogP contribution < -0.4 is 0 Å². The van der Waals surface area contributed by atoms with Gasteiger partial charge in [0.1, 0.15) is 12.2 Å². The highest BCUT2D eigenvalue weighted by molar-refractivity contribution is 9.10. The summed E-state index contributed by atoms with van der Waals surface area (Å²) in [6, 6.07) is 36.6. The summed E-state index contributed by atoms with van der Waals surface area (Å²) in [5.41, 5.74) is 3.45. The maximum Gasteiger partial charge on any atom is 0.338 e. The summed E-state index contributed by atoms with van der Waals surface area (Å²) < 4.78 is 25.7. The molecule has 0 unspecified atom stereocenters. The number of hydrogen-bond acceptors (Lipinski definition) is 5. The van der Waals surface area contributed by atoms with Crippen LogP contribution >= 0.6 is 15.9 Å². The van der Waals surface area contributed by atoms with Crippen molar-refractivity contribution in [1.82, 2.24) is 0 Å². The normalized spacial score (nSPS) is 13.2. The molecule has 0 aliphatic rings. The van der Waals surface area contributed by atoms with Crippen molar-refractivity contribution in [2.75, 3.05) is 6.61 Å². The Morgan fingerprint density at radius 2 is 1.20 bits per heavy atom. The van der Waals surface area contributed by atoms with Crippen LogP contribution in [0.2, 0.25) is 0 Å². The molecule has 0 spiro atoms. The van der Waals surface area contributed by atoms with Crippen LogP contribution in [0.5, 0.6) is 0 Å². The Morgan fingerprint density at radius 3 is 1.73 bits per heavy atom. The van der Waals surface area contributed by atoms with Crippen LogP contribution in [0.4, 0.5) is 0 Å². The summed E-state index contributed by atoms with van der Waals surface area (Å²) >= 11 is 3.41. The second-order valence-corrected chi connectivity index (χ2v) is 10.1. The standard InChI is InChI=1S/C34H33BrO5/c1-2-31(38-23-27-14-8-4-9-15-27)33(39-24-28-16-10-5-11-17-28)32(25-37-22-26-12-6-3-7-13-26)40-34(36)29-18-20-30(35)21-19-29/h2-21,31-33H,1,22-25H2/t31-,32-,33+/m1/s1. The summed E-state index contributed by atoms with van der Waals surface area (Å²) in [6.45, 7) is 5.13. The van der Waals surface area contributed by atoms with E-state index in [1.807, 2.05) is 91.0 Å². The fraction of sp³-hybridized carbons (Fsp3) is 0.206. The van der Waals surface area contributed by atoms with Crippen LogP contribution in [0.15, 0.2) is 132 Å². The van der Waals surface area contributed by atoms with E-state index in [1.54, 1.807) is 30.3 Å². The largest absolute Gasteiger partial charge is 0.453 e. The van der Waals surface area contributed by atoms with E-state index in [9.17, 15) is 4.79 Å². The Labute approximate surface area is 244 Å². The van der Waals surface area contributed by atoms with Crippen LogP contribution in [-0.4, -0.2) is 30.9 Å². The molecule has 0 aromatic heterocycles. The van der Waals surface area contributed by atoms with Gasteiger partial charge in [-0.2, -0.15) is 0 Å². The lowest BCUT2D eigenvalue weighted by atomic mass is 10.1. The van der Waals surface area contributed by atoms with Gasteiger partial charge in [0.25, 0.3) is 0 Å². The summed E-state index contributed by atoms with van der Waals surface area (Å²) in [6.07, 6.45) is -0.345. The molecule has 3 atom stereocenters. The van der Waals surface area contributed by atoms with Crippen molar-refractivity contribution in [2.24, 2.45) is 0 Å². The van der Waals surface area contributed by atoms with Gasteiger partial charge in [-0.1, -0.05) is 113 Å². The molecule has 0 saturated carbocycles. The van der Waals surface area contributed by atoms with Gasteiger partial charge in [-0.3, -0.25) is 0 Å². The molecular weight excluding hydrogens is 568 g/mol. The van der Waals surface area contributed by atoms with Crippen molar-refractivity contribution in [3.63, 3.8) is 0 Å². The minimum Gasteiger partial charge on any atom is -0.453 e. The molecule has 0 aliphatic heterocycles. The molecule has 0 amide bonds. The molecule has 0 radical (unpaired) electrons. The zero-order valence-corrected chi connectivity index (χ0v) is 23.8. The number of esters is 1. The van der Waals surface area contributed by atoms with Crippen molar-refractivity contribution >= 4 is 21.9 Å². The highest BCUT2D eigenvalue weighted by atomic mass is 79.9. The summed E-state index contributed by atoms with van der Waals surface area (Å²) in [7, 11) is 0. The molecule has 4 rings (SSSR count). The van der Waals surface area contributed by atoms with Crippen LogP contribution in [-0.2, 0) is 38.8 Å². The van der Waals surface area contributed by atoms with E-state index in [2.05, 4.69) is 22.5 Å². The monoisotopic (exact) mass is 600 g/mol. The Bertz CT molecular complexity index is 1300. The molecule has 0 N–H and O–H groups in total. The van der Waals surface area contributed by atoms with Crippen molar-refractivity contribution < 1.29 is 23.7 Å². The number of rotatable bonds is 15. The number of benzene rings is 4. The van der Waals surface area contributed by atoms with Gasteiger partial charge in [0, 0.05) is 4.47 Å². The SMILES string of the molecule is C=C[C@@H](OCc1ccccc1)[C@H](OCc1ccccc1)[C@@H](COCc1ccccc1)OC(=O)c1ccc(Br)cc1. The first-order valence-corrected chi connectivity index (χ1v) is 13.9. The molecule has 206 valence electrons. The van der Waals surface area contributed by atoms with E-state index in [0.29, 0.717) is 25.4 Å². The van der Waals surface area contributed by atoms with E-state index in [0.717, 1.165) is 21.2 Å². The number of carbonyl (C=O) groups excluding carboxylic acids is 1. The van der Waals surface area contributed by atoms with Gasteiger partial charge in [0.2, 0.25) is 0 Å². The first-order valence-electron chi connectivity index (χ1n) is 13.1. The zero-order chi connectivity index (χ0) is 28.0. The van der Waals surface area contributed by atoms with E-state index in [4.69, 9.17) is 18.9 Å². The van der Waals surface area contributed by atoms with E-state index in [-0.39, 0.29) is 6.61 Å². The summed E-state index contributed by atoms with van der Waals surface area (Å²) in [4.78, 5) is 13.3. The molecule has 5 nitrogen and oxygen atoms in total. The summed E-state index contributed by atoms with van der Waals surface area (Å²) in [5, 5.41) is 0. The van der Waals surface area contributed by atoms with Crippen molar-refractivity contribution in [1.29, 1.82) is 0 Å². The van der Waals surface area contributed by atoms with Crippen molar-refractivity contribution in [2.45, 2.75) is 38.1 Å². The number of halogens is 1. The number of carbonyl (C=O) groups is 1. The topological polar surface area (TPSA) is 54.0 Å². The Morgan fingerprint density at radius 1 is 0.700 bits per heavy atom. The van der Waals surface area contributed by atoms with Crippen LogP contribution in [0.25, 0.3) is 0 Å². The van der Waals surface area contributed by atoms with Gasteiger partial charge in [0.15, 0.2) is 6.10 Å². The molecule has 0 fully saturated rings. The fourth-order valence-corrected chi connectivity index (χ4v) is 4.36. The van der Waals surface area contributed by atoms with Crippen molar-refractivity contribution in [3.05, 3.63) is 155 Å². The van der Waals surface area contributed by atoms with Crippen molar-refractivity contribution in [3.8, 4) is 0 Å². The highest BCUT2D eigenvalue weighted by Gasteiger charge is 2.33. The molecule has 4 aromatic carbocycles. The van der Waals surface area contributed by atoms with Gasteiger partial charge in [-0.05, 0) is 41.0 Å². The Hall–Kier alpha value is -3.55. The lowest BCUT2D eigenvalue weighted by Gasteiger charge is -2.32. The average Bonchev–Trinajstić information content (AvgIpc) is 3.00. The first kappa shape index (κ1) is 29.4. The predicted octanol–water partition coefficient (Wildman–Crippen LogP) is 7.55. The smallest absolute Gasteiger partial charge is 0.338 e. The van der Waals surface area contributed by atoms with Gasteiger partial charge in [-0.25, -0.2) is 4.79 Å². The molecule has 40 heavy (non-hydrogen) atoms. The van der Waals surface area contributed by atoms with Gasteiger partial charge < -0.3 is 18.9 Å². The third-order valence-electron chi connectivity index (χ3n) is 6.23. The first-order chi connectivity index (χ1) is 19.6. The van der Waals surface area contributed by atoms with Gasteiger partial charge in [0.05, 0.1) is 32.0 Å². The van der Waals surface area contributed by atoms with Crippen LogP contribution in [0.1, 0.15) is 27.0 Å². The average molecular weight is 602 g/mol. The van der Waals surface area contributed by atoms with Gasteiger partial charge in [-0.15, -0.1) is 6.58 Å². The third-order valence-corrected chi connectivity index (χ3v) is 6.75. The maximum atomic E-state index is 13.3. The Balaban J connectivity index is 1.57. The molecule has 0 heterocycles. The maximum absolute atomic E-state index is 13.3. The minimum absolute atomic E-state index is 0.107. The van der Waals surface area contributed by atoms with E-state index < -0.39 is 24.3 Å². The zero-order valence-electron chi connectivity index (χ0n) is 22.2. The summed E-state index contributed by atoms with van der Waals surface area (Å²) in [5.74, 6) is -0.472. The lowest BCUT2D eigenvalue weighted by Crippen LogP contribution is -2.45. The number of hydrogen-bond donors (Lipinski definition) is 0. The predicted molar refractivity (Wildman–Crippen MR) is 160 cm³/mol. The Kier molecular flexibility index (Phi) is 11.7. The molecule has 4 aromatic rings. The second-order valence-electron chi connectivity index (χ2n) is 9.21. The van der Waals surface area contributed by atoms with E-state index in [1.165, 1.54) is 0 Å². The third kappa shape index (κ3) is 9.28. The molecule has 0 aliphatic carbocycles. The minimum atomic E-state index is -0.776. The van der Waals surface area contributed by atoms with Crippen LogP contribution in [0.3, 0.4) is 0 Å². The number of ether oxygens (including phenoxy) is 4. The molecular formula is C34H33BrO5. The molecule has 0 bridgehead atoms.